The number of fused-ring (bicyclic) bond motifs is 2. The molecule has 192 valence electrons. The molecule has 0 fully saturated rings. The monoisotopic (exact) mass is 515 g/mol. The van der Waals surface area contributed by atoms with Gasteiger partial charge in [0.15, 0.2) is 11.5 Å². The lowest BCUT2D eigenvalue weighted by Gasteiger charge is -2.17. The normalized spacial score (nSPS) is 13.5. The summed E-state index contributed by atoms with van der Waals surface area (Å²) in [6.07, 6.45) is 11.5. The number of nitrogens with one attached hydrogen (secondary N) is 1. The molecule has 0 bridgehead atoms. The fraction of sp³-hybridized carbons (Fsp3) is 0.167. The van der Waals surface area contributed by atoms with Crippen LogP contribution in [0.4, 0.5) is 11.6 Å². The Labute approximate surface area is 224 Å². The number of allylic oxidation sites excluding steroid dienone is 2. The van der Waals surface area contributed by atoms with Crippen molar-refractivity contribution in [1.82, 2.24) is 29.7 Å². The summed E-state index contributed by atoms with van der Waals surface area (Å²) in [5.41, 5.74) is 8.06. The summed E-state index contributed by atoms with van der Waals surface area (Å²) in [6, 6.07) is 17.9. The van der Waals surface area contributed by atoms with Gasteiger partial charge < -0.3 is 14.6 Å². The van der Waals surface area contributed by atoms with Gasteiger partial charge in [-0.1, -0.05) is 47.6 Å². The number of rotatable bonds is 6. The summed E-state index contributed by atoms with van der Waals surface area (Å²) in [4.78, 5) is 14.1. The molecular formula is C30H25N7O2. The van der Waals surface area contributed by atoms with E-state index < -0.39 is 0 Å². The van der Waals surface area contributed by atoms with Gasteiger partial charge in [0, 0.05) is 24.0 Å². The smallest absolute Gasteiger partial charge is 0.228 e. The van der Waals surface area contributed by atoms with E-state index >= 15 is 0 Å². The number of hydrogen-bond donors (Lipinski definition) is 1. The summed E-state index contributed by atoms with van der Waals surface area (Å²) in [7, 11) is 1.66. The number of benzene rings is 2. The highest BCUT2D eigenvalue weighted by atomic mass is 16.5. The predicted molar refractivity (Wildman–Crippen MR) is 150 cm³/mol. The molecule has 0 radical (unpaired) electrons. The molecule has 0 saturated carbocycles. The van der Waals surface area contributed by atoms with Crippen molar-refractivity contribution in [3.8, 4) is 28.3 Å². The lowest BCUT2D eigenvalue weighted by molar-refractivity contribution is 0.387. The van der Waals surface area contributed by atoms with Crippen LogP contribution >= 0.6 is 0 Å². The molecule has 0 atom stereocenters. The molecule has 0 amide bonds. The van der Waals surface area contributed by atoms with Crippen molar-refractivity contribution < 1.29 is 9.26 Å². The molecule has 9 nitrogen and oxygen atoms in total. The Hall–Kier alpha value is -5.05. The van der Waals surface area contributed by atoms with E-state index in [-0.39, 0.29) is 0 Å². The van der Waals surface area contributed by atoms with Crippen LogP contribution in [0, 0.1) is 0 Å². The van der Waals surface area contributed by atoms with Crippen LogP contribution < -0.4 is 10.1 Å². The first kappa shape index (κ1) is 23.1. The standard InChI is InChI=1S/C30H25N7O2/c1-38-30-26(21-12-13-22-23(18-21)32-16-15-31-22)28(33-24-14-17-39-36-24)34-29-25(19-8-4-2-5-9-19)27(35-37(29)30)20-10-6-3-7-11-20/h3,6-8,10-18H,2,4-5,9H2,1H3,(H,33,34,36). The SMILES string of the molecule is COc1c(-c2ccc3nccnc3c2)c(Nc2ccon2)nc2c(C3=CCCCC3)c(-c3ccccc3)nn12. The minimum atomic E-state index is 0.539. The summed E-state index contributed by atoms with van der Waals surface area (Å²) in [5, 5.41) is 12.5. The van der Waals surface area contributed by atoms with Crippen LogP contribution in [0.3, 0.4) is 0 Å². The van der Waals surface area contributed by atoms with Crippen molar-refractivity contribution >= 4 is 33.9 Å². The molecule has 1 aliphatic rings. The van der Waals surface area contributed by atoms with Crippen molar-refractivity contribution in [1.29, 1.82) is 0 Å². The lowest BCUT2D eigenvalue weighted by Crippen LogP contribution is -2.06. The second-order valence-corrected chi connectivity index (χ2v) is 9.41. The van der Waals surface area contributed by atoms with Crippen molar-refractivity contribution in [2.24, 2.45) is 0 Å². The average molecular weight is 516 g/mol. The minimum Gasteiger partial charge on any atom is -0.480 e. The van der Waals surface area contributed by atoms with Crippen molar-refractivity contribution in [3.63, 3.8) is 0 Å². The van der Waals surface area contributed by atoms with Crippen LogP contribution in [-0.4, -0.2) is 36.8 Å². The Kier molecular flexibility index (Phi) is 5.73. The van der Waals surface area contributed by atoms with Crippen molar-refractivity contribution in [3.05, 3.63) is 84.9 Å². The molecule has 0 aliphatic heterocycles. The molecule has 9 heteroatoms. The lowest BCUT2D eigenvalue weighted by atomic mass is 9.92. The van der Waals surface area contributed by atoms with Crippen LogP contribution in [0.5, 0.6) is 5.88 Å². The maximum absolute atomic E-state index is 6.10. The van der Waals surface area contributed by atoms with E-state index in [9.17, 15) is 0 Å². The topological polar surface area (TPSA) is 103 Å². The van der Waals surface area contributed by atoms with E-state index in [1.165, 1.54) is 18.3 Å². The first-order chi connectivity index (χ1) is 19.3. The summed E-state index contributed by atoms with van der Waals surface area (Å²) in [6.45, 7) is 0. The van der Waals surface area contributed by atoms with Crippen molar-refractivity contribution in [2.75, 3.05) is 12.4 Å². The molecule has 2 aromatic carbocycles. The van der Waals surface area contributed by atoms with Crippen LogP contribution in [0.25, 0.3) is 44.6 Å². The highest BCUT2D eigenvalue weighted by Crippen LogP contribution is 2.43. The Morgan fingerprint density at radius 2 is 1.79 bits per heavy atom. The molecule has 1 aliphatic carbocycles. The molecule has 0 spiro atoms. The fourth-order valence-electron chi connectivity index (χ4n) is 5.24. The van der Waals surface area contributed by atoms with E-state index in [0.29, 0.717) is 23.2 Å². The molecule has 0 unspecified atom stereocenters. The zero-order valence-electron chi connectivity index (χ0n) is 21.3. The quantitative estimate of drug-likeness (QED) is 0.261. The van der Waals surface area contributed by atoms with E-state index in [4.69, 9.17) is 19.3 Å². The third-order valence-corrected chi connectivity index (χ3v) is 7.02. The number of aromatic nitrogens is 6. The Balaban J connectivity index is 1.55. The predicted octanol–water partition coefficient (Wildman–Crippen LogP) is 6.70. The summed E-state index contributed by atoms with van der Waals surface area (Å²) in [5.74, 6) is 1.67. The van der Waals surface area contributed by atoms with E-state index in [0.717, 1.165) is 58.2 Å². The number of hydrogen-bond acceptors (Lipinski definition) is 8. The van der Waals surface area contributed by atoms with E-state index in [1.54, 1.807) is 25.6 Å². The molecule has 4 aromatic heterocycles. The van der Waals surface area contributed by atoms with Gasteiger partial charge in [-0.15, -0.1) is 0 Å². The Bertz CT molecular complexity index is 1830. The fourth-order valence-corrected chi connectivity index (χ4v) is 5.24. The second kappa shape index (κ2) is 9.68. The molecule has 7 rings (SSSR count). The zero-order valence-corrected chi connectivity index (χ0v) is 21.3. The molecule has 6 aromatic rings. The van der Waals surface area contributed by atoms with Gasteiger partial charge in [-0.2, -0.15) is 9.61 Å². The van der Waals surface area contributed by atoms with Gasteiger partial charge in [-0.25, -0.2) is 4.98 Å². The highest BCUT2D eigenvalue weighted by Gasteiger charge is 2.27. The molecule has 0 saturated heterocycles. The third kappa shape index (κ3) is 4.08. The third-order valence-electron chi connectivity index (χ3n) is 7.02. The van der Waals surface area contributed by atoms with Gasteiger partial charge in [-0.3, -0.25) is 9.97 Å². The van der Waals surface area contributed by atoms with Crippen LogP contribution in [-0.2, 0) is 0 Å². The number of anilines is 2. The first-order valence-electron chi connectivity index (χ1n) is 12.9. The van der Waals surface area contributed by atoms with E-state index in [1.807, 2.05) is 40.9 Å². The second-order valence-electron chi connectivity index (χ2n) is 9.41. The van der Waals surface area contributed by atoms with Crippen LogP contribution in [0.15, 0.2) is 83.9 Å². The molecule has 39 heavy (non-hydrogen) atoms. The summed E-state index contributed by atoms with van der Waals surface area (Å²) >= 11 is 0. The van der Waals surface area contributed by atoms with Crippen LogP contribution in [0.1, 0.15) is 31.2 Å². The summed E-state index contributed by atoms with van der Waals surface area (Å²) < 4.78 is 13.0. The maximum atomic E-state index is 6.10. The minimum absolute atomic E-state index is 0.539. The Morgan fingerprint density at radius 1 is 0.923 bits per heavy atom. The number of ether oxygens (including phenoxy) is 1. The van der Waals surface area contributed by atoms with Gasteiger partial charge in [0.2, 0.25) is 5.88 Å². The average Bonchev–Trinajstić information content (AvgIpc) is 3.65. The number of nitrogens with zero attached hydrogens (tertiary/aromatic N) is 6. The van der Waals surface area contributed by atoms with E-state index in [2.05, 4.69) is 38.7 Å². The Morgan fingerprint density at radius 3 is 2.56 bits per heavy atom. The molecule has 4 heterocycles. The van der Waals surface area contributed by atoms with Crippen molar-refractivity contribution in [2.45, 2.75) is 25.7 Å². The highest BCUT2D eigenvalue weighted by molar-refractivity contribution is 5.93. The number of methoxy groups -OCH3 is 1. The van der Waals surface area contributed by atoms with Gasteiger partial charge >= 0.3 is 0 Å². The zero-order chi connectivity index (χ0) is 26.2. The largest absolute Gasteiger partial charge is 0.480 e. The molecule has 1 N–H and O–H groups in total. The first-order valence-corrected chi connectivity index (χ1v) is 12.9. The maximum Gasteiger partial charge on any atom is 0.228 e. The van der Waals surface area contributed by atoms with Gasteiger partial charge in [0.05, 0.1) is 29.3 Å². The van der Waals surface area contributed by atoms with Crippen LogP contribution in [0.2, 0.25) is 0 Å². The van der Waals surface area contributed by atoms with Gasteiger partial charge in [0.25, 0.3) is 0 Å². The molecular weight excluding hydrogens is 490 g/mol. The van der Waals surface area contributed by atoms with Gasteiger partial charge in [-0.05, 0) is 49.0 Å². The van der Waals surface area contributed by atoms with Gasteiger partial charge in [0.1, 0.15) is 17.8 Å².